The van der Waals surface area contributed by atoms with Crippen molar-refractivity contribution in [1.82, 2.24) is 14.7 Å². The summed E-state index contributed by atoms with van der Waals surface area (Å²) in [5.74, 6) is 1.89. The number of rotatable bonds is 7. The van der Waals surface area contributed by atoms with E-state index >= 15 is 0 Å². The van der Waals surface area contributed by atoms with Gasteiger partial charge in [0.25, 0.3) is 0 Å². The van der Waals surface area contributed by atoms with Gasteiger partial charge in [-0.05, 0) is 58.7 Å². The minimum atomic E-state index is 0.228. The number of piperazine rings is 1. The molecule has 5 heteroatoms. The summed E-state index contributed by atoms with van der Waals surface area (Å²) in [4.78, 5) is 17.3. The van der Waals surface area contributed by atoms with Crippen LogP contribution < -0.4 is 0 Å². The van der Waals surface area contributed by atoms with Gasteiger partial charge in [0.1, 0.15) is 12.9 Å². The lowest BCUT2D eigenvalue weighted by atomic mass is 9.87. The summed E-state index contributed by atoms with van der Waals surface area (Å²) in [6.07, 6.45) is 3.62. The van der Waals surface area contributed by atoms with Gasteiger partial charge in [-0.1, -0.05) is 27.7 Å². The summed E-state index contributed by atoms with van der Waals surface area (Å²) in [6, 6.07) is 0.651. The summed E-state index contributed by atoms with van der Waals surface area (Å²) in [6.45, 7) is 22.1. The number of carbonyl (C=O) groups is 1. The number of hydrogen-bond donors (Lipinski definition) is 0. The number of likely N-dealkylation sites (tertiary alicyclic amines) is 1. The Bertz CT molecular complexity index is 334. The topological polar surface area (TPSA) is 36.0 Å². The molecule has 2 fully saturated rings. The van der Waals surface area contributed by atoms with Crippen LogP contribution in [0.3, 0.4) is 0 Å². The highest BCUT2D eigenvalue weighted by molar-refractivity contribution is 5.50. The molecule has 0 radical (unpaired) electrons. The summed E-state index contributed by atoms with van der Waals surface area (Å²) < 4.78 is 5.14. The van der Waals surface area contributed by atoms with Crippen LogP contribution in [0.5, 0.6) is 0 Å². The van der Waals surface area contributed by atoms with Crippen molar-refractivity contribution >= 4 is 6.29 Å². The molecule has 27 heavy (non-hydrogen) atoms. The third-order valence-electron chi connectivity index (χ3n) is 5.58. The number of hydrogen-bond acceptors (Lipinski definition) is 5. The van der Waals surface area contributed by atoms with Gasteiger partial charge in [0.15, 0.2) is 0 Å². The van der Waals surface area contributed by atoms with Crippen LogP contribution in [-0.2, 0) is 9.53 Å². The maximum Gasteiger partial charge on any atom is 0.145 e. The lowest BCUT2D eigenvalue weighted by Crippen LogP contribution is -2.49. The van der Waals surface area contributed by atoms with Gasteiger partial charge in [-0.25, -0.2) is 0 Å². The first-order valence-electron chi connectivity index (χ1n) is 11.1. The highest BCUT2D eigenvalue weighted by Gasteiger charge is 2.19. The zero-order valence-corrected chi connectivity index (χ0v) is 19.2. The molecule has 0 saturated carbocycles. The van der Waals surface area contributed by atoms with Crippen molar-refractivity contribution in [1.29, 1.82) is 0 Å². The molecule has 5 nitrogen and oxygen atoms in total. The fourth-order valence-electron chi connectivity index (χ4n) is 3.52. The Balaban J connectivity index is 0.000000488. The Morgan fingerprint density at radius 2 is 1.52 bits per heavy atom. The van der Waals surface area contributed by atoms with Crippen LogP contribution in [0, 0.1) is 11.8 Å². The van der Waals surface area contributed by atoms with Gasteiger partial charge in [-0.15, -0.1) is 0 Å². The third-order valence-corrected chi connectivity index (χ3v) is 5.58. The molecule has 2 aliphatic heterocycles. The van der Waals surface area contributed by atoms with E-state index in [4.69, 9.17) is 4.74 Å². The molecule has 0 bridgehead atoms. The van der Waals surface area contributed by atoms with Gasteiger partial charge in [-0.2, -0.15) is 0 Å². The molecule has 0 unspecified atom stereocenters. The fourth-order valence-corrected chi connectivity index (χ4v) is 3.52. The number of ether oxygens (including phenoxy) is 1. The molecule has 0 N–H and O–H groups in total. The molecule has 0 aliphatic carbocycles. The number of nitrogens with zero attached hydrogens (tertiary/aromatic N) is 3. The molecule has 162 valence electrons. The first kappa shape index (κ1) is 26.5. The van der Waals surface area contributed by atoms with Gasteiger partial charge < -0.3 is 14.4 Å². The predicted molar refractivity (Wildman–Crippen MR) is 116 cm³/mol. The second-order valence-electron chi connectivity index (χ2n) is 8.10. The molecule has 2 saturated heterocycles. The molecule has 2 aliphatic rings. The van der Waals surface area contributed by atoms with Crippen LogP contribution in [0.15, 0.2) is 0 Å². The average molecular weight is 386 g/mol. The largest absolute Gasteiger partial charge is 0.373 e. The van der Waals surface area contributed by atoms with Crippen LogP contribution in [0.4, 0.5) is 0 Å². The van der Waals surface area contributed by atoms with E-state index in [1.165, 1.54) is 25.9 Å². The van der Waals surface area contributed by atoms with Gasteiger partial charge in [0.05, 0.1) is 6.61 Å². The lowest BCUT2D eigenvalue weighted by Gasteiger charge is -2.36. The smallest absolute Gasteiger partial charge is 0.145 e. The number of aldehydes is 1. The van der Waals surface area contributed by atoms with E-state index in [0.717, 1.165) is 50.8 Å². The second kappa shape index (κ2) is 16.5. The third kappa shape index (κ3) is 12.6. The summed E-state index contributed by atoms with van der Waals surface area (Å²) in [7, 11) is 2.22. The predicted octanol–water partition coefficient (Wildman–Crippen LogP) is 3.24. The van der Waals surface area contributed by atoms with E-state index in [2.05, 4.69) is 49.4 Å². The van der Waals surface area contributed by atoms with E-state index in [1.54, 1.807) is 0 Å². The maximum absolute atomic E-state index is 10.0. The fraction of sp³-hybridized carbons (Fsp3) is 0.955. The van der Waals surface area contributed by atoms with Crippen molar-refractivity contribution in [2.45, 2.75) is 60.4 Å². The Morgan fingerprint density at radius 1 is 0.963 bits per heavy atom. The molecular formula is C22H47N3O2. The maximum atomic E-state index is 10.0. The molecule has 0 aromatic carbocycles. The van der Waals surface area contributed by atoms with Crippen molar-refractivity contribution < 1.29 is 9.53 Å². The highest BCUT2D eigenvalue weighted by atomic mass is 16.5. The van der Waals surface area contributed by atoms with Crippen molar-refractivity contribution in [3.63, 3.8) is 0 Å². The lowest BCUT2D eigenvalue weighted by molar-refractivity contribution is -0.112. The SMILES string of the molecule is CC.CC(C)C1CCN(C)CC1.CC(C)N1CCN(CCOCC=O)CC1. The minimum absolute atomic E-state index is 0.228. The number of piperidine rings is 1. The van der Waals surface area contributed by atoms with E-state index < -0.39 is 0 Å². The Morgan fingerprint density at radius 3 is 1.96 bits per heavy atom. The molecule has 0 aromatic rings. The van der Waals surface area contributed by atoms with Crippen molar-refractivity contribution in [2.24, 2.45) is 11.8 Å². The summed E-state index contributed by atoms with van der Waals surface area (Å²) in [5, 5.41) is 0. The summed E-state index contributed by atoms with van der Waals surface area (Å²) >= 11 is 0. The van der Waals surface area contributed by atoms with Crippen molar-refractivity contribution in [3.8, 4) is 0 Å². The van der Waals surface area contributed by atoms with Gasteiger partial charge in [-0.3, -0.25) is 9.80 Å². The standard InChI is InChI=1S/C11H22N2O2.C9H19N.C2H6/c1-11(2)13-5-3-12(4-6-13)7-9-15-10-8-14;1-8(2)9-4-6-10(3)7-5-9;1-2/h8,11H,3-7,9-10H2,1-2H3;8-9H,4-7H2,1-3H3;1-2H3. The van der Waals surface area contributed by atoms with Gasteiger partial charge >= 0.3 is 0 Å². The molecule has 0 spiro atoms. The first-order valence-corrected chi connectivity index (χ1v) is 11.1. The Labute approximate surface area is 169 Å². The van der Waals surface area contributed by atoms with Crippen LogP contribution in [0.1, 0.15) is 54.4 Å². The second-order valence-corrected chi connectivity index (χ2v) is 8.10. The minimum Gasteiger partial charge on any atom is -0.373 e. The number of carbonyl (C=O) groups excluding carboxylic acids is 1. The zero-order chi connectivity index (χ0) is 20.7. The normalized spacial score (nSPS) is 20.0. The molecule has 0 atom stereocenters. The van der Waals surface area contributed by atoms with Gasteiger partial charge in [0.2, 0.25) is 0 Å². The summed E-state index contributed by atoms with van der Waals surface area (Å²) in [5.41, 5.74) is 0. The van der Waals surface area contributed by atoms with Gasteiger partial charge in [0, 0.05) is 38.8 Å². The average Bonchev–Trinajstić information content (AvgIpc) is 2.68. The molecule has 0 amide bonds. The molecule has 2 rings (SSSR count). The van der Waals surface area contributed by atoms with Crippen molar-refractivity contribution in [2.75, 3.05) is 66.1 Å². The first-order chi connectivity index (χ1) is 12.9. The van der Waals surface area contributed by atoms with Crippen LogP contribution in [-0.4, -0.2) is 93.1 Å². The van der Waals surface area contributed by atoms with Crippen molar-refractivity contribution in [3.05, 3.63) is 0 Å². The van der Waals surface area contributed by atoms with E-state index in [-0.39, 0.29) is 6.61 Å². The highest BCUT2D eigenvalue weighted by Crippen LogP contribution is 2.23. The van der Waals surface area contributed by atoms with E-state index in [1.807, 2.05) is 13.8 Å². The monoisotopic (exact) mass is 385 g/mol. The Hall–Kier alpha value is -0.490. The van der Waals surface area contributed by atoms with E-state index in [0.29, 0.717) is 12.6 Å². The molecular weight excluding hydrogens is 338 g/mol. The Kier molecular flexibility index (Phi) is 16.2. The quantitative estimate of drug-likeness (QED) is 0.497. The zero-order valence-electron chi connectivity index (χ0n) is 19.2. The van der Waals surface area contributed by atoms with Crippen LogP contribution >= 0.6 is 0 Å². The van der Waals surface area contributed by atoms with Crippen LogP contribution in [0.2, 0.25) is 0 Å². The molecule has 2 heterocycles. The van der Waals surface area contributed by atoms with Crippen LogP contribution in [0.25, 0.3) is 0 Å². The van der Waals surface area contributed by atoms with E-state index in [9.17, 15) is 4.79 Å². The molecule has 0 aromatic heterocycles.